The van der Waals surface area contributed by atoms with E-state index in [-0.39, 0.29) is 6.03 Å². The maximum absolute atomic E-state index is 11.1. The van der Waals surface area contributed by atoms with Crippen LogP contribution >= 0.6 is 0 Å². The summed E-state index contributed by atoms with van der Waals surface area (Å²) in [4.78, 5) is 13.0. The predicted octanol–water partition coefficient (Wildman–Crippen LogP) is 1.22. The first kappa shape index (κ1) is 11.3. The number of hydrogen-bond donors (Lipinski definition) is 1. The van der Waals surface area contributed by atoms with Crippen molar-refractivity contribution >= 4 is 6.03 Å². The molecule has 0 aromatic carbocycles. The van der Waals surface area contributed by atoms with E-state index in [1.807, 2.05) is 4.90 Å². The average Bonchev–Trinajstić information content (AvgIpc) is 2.58. The van der Waals surface area contributed by atoms with Gasteiger partial charge in [0.25, 0.3) is 0 Å². The lowest BCUT2D eigenvalue weighted by molar-refractivity contribution is 0.122. The van der Waals surface area contributed by atoms with Gasteiger partial charge < -0.3 is 15.0 Å². The number of rotatable bonds is 7. The third-order valence-corrected chi connectivity index (χ3v) is 2.30. The predicted molar refractivity (Wildman–Crippen MR) is 55.3 cm³/mol. The van der Waals surface area contributed by atoms with Gasteiger partial charge in [-0.1, -0.05) is 13.3 Å². The number of nitrogens with zero attached hydrogens (tertiary/aromatic N) is 1. The van der Waals surface area contributed by atoms with Gasteiger partial charge in [-0.05, 0) is 12.8 Å². The first-order chi connectivity index (χ1) is 6.84. The Bertz CT molecular complexity index is 174. The quantitative estimate of drug-likeness (QED) is 0.628. The molecule has 0 saturated carbocycles. The molecule has 1 heterocycles. The first-order valence-electron chi connectivity index (χ1n) is 5.45. The Morgan fingerprint density at radius 3 is 2.86 bits per heavy atom. The molecular formula is C10H20N2O2. The molecule has 4 nitrogen and oxygen atoms in total. The summed E-state index contributed by atoms with van der Waals surface area (Å²) in [5, 5.41) is 2.78. The van der Waals surface area contributed by atoms with E-state index in [1.54, 1.807) is 0 Å². The second-order valence-electron chi connectivity index (χ2n) is 3.54. The molecular weight excluding hydrogens is 180 g/mol. The summed E-state index contributed by atoms with van der Waals surface area (Å²) >= 11 is 0. The van der Waals surface area contributed by atoms with Crippen LogP contribution in [0.5, 0.6) is 0 Å². The van der Waals surface area contributed by atoms with Crippen LogP contribution in [0.15, 0.2) is 0 Å². The molecule has 82 valence electrons. The number of hydrogen-bond acceptors (Lipinski definition) is 2. The molecule has 0 aliphatic carbocycles. The van der Waals surface area contributed by atoms with Crippen LogP contribution in [0.3, 0.4) is 0 Å². The molecule has 4 heteroatoms. The second-order valence-corrected chi connectivity index (χ2v) is 3.54. The van der Waals surface area contributed by atoms with Gasteiger partial charge in [-0.3, -0.25) is 0 Å². The van der Waals surface area contributed by atoms with Crippen molar-refractivity contribution in [2.45, 2.75) is 26.2 Å². The van der Waals surface area contributed by atoms with Gasteiger partial charge in [-0.25, -0.2) is 4.79 Å². The highest BCUT2D eigenvalue weighted by Gasteiger charge is 2.17. The molecule has 1 saturated heterocycles. The van der Waals surface area contributed by atoms with Gasteiger partial charge in [-0.15, -0.1) is 0 Å². The summed E-state index contributed by atoms with van der Waals surface area (Å²) in [6.07, 6.45) is 3.25. The standard InChI is InChI=1S/C10H20N2O2/c1-2-3-8-14-9-4-6-12-7-5-11-10(12)13/h2-9H2,1H3,(H,11,13). The molecule has 0 bridgehead atoms. The number of amides is 2. The number of unbranched alkanes of at least 4 members (excludes halogenated alkanes) is 1. The molecule has 1 N–H and O–H groups in total. The molecule has 1 rings (SSSR count). The summed E-state index contributed by atoms with van der Waals surface area (Å²) in [7, 11) is 0. The maximum Gasteiger partial charge on any atom is 0.317 e. The molecule has 14 heavy (non-hydrogen) atoms. The lowest BCUT2D eigenvalue weighted by atomic mass is 10.3. The van der Waals surface area contributed by atoms with Crippen molar-refractivity contribution in [1.29, 1.82) is 0 Å². The van der Waals surface area contributed by atoms with E-state index in [2.05, 4.69) is 12.2 Å². The Hall–Kier alpha value is -0.770. The number of nitrogens with one attached hydrogen (secondary N) is 1. The van der Waals surface area contributed by atoms with Gasteiger partial charge in [0.05, 0.1) is 0 Å². The summed E-state index contributed by atoms with van der Waals surface area (Å²) < 4.78 is 5.41. The maximum atomic E-state index is 11.1. The Morgan fingerprint density at radius 1 is 1.43 bits per heavy atom. The van der Waals surface area contributed by atoms with E-state index in [1.165, 1.54) is 6.42 Å². The summed E-state index contributed by atoms with van der Waals surface area (Å²) in [5.74, 6) is 0. The van der Waals surface area contributed by atoms with Crippen LogP contribution in [0.1, 0.15) is 26.2 Å². The molecule has 0 atom stereocenters. The lowest BCUT2D eigenvalue weighted by Gasteiger charge is -2.13. The normalized spacial score (nSPS) is 16.1. The SMILES string of the molecule is CCCCOCCCN1CCNC1=O. The van der Waals surface area contributed by atoms with Gasteiger partial charge >= 0.3 is 6.03 Å². The molecule has 0 unspecified atom stereocenters. The van der Waals surface area contributed by atoms with Crippen molar-refractivity contribution in [3.8, 4) is 0 Å². The Balaban J connectivity index is 1.90. The van der Waals surface area contributed by atoms with E-state index in [4.69, 9.17) is 4.74 Å². The van der Waals surface area contributed by atoms with Gasteiger partial charge in [0.1, 0.15) is 0 Å². The van der Waals surface area contributed by atoms with E-state index in [9.17, 15) is 4.79 Å². The van der Waals surface area contributed by atoms with E-state index < -0.39 is 0 Å². The summed E-state index contributed by atoms with van der Waals surface area (Å²) in [6.45, 7) is 6.21. The van der Waals surface area contributed by atoms with Crippen molar-refractivity contribution in [1.82, 2.24) is 10.2 Å². The van der Waals surface area contributed by atoms with Crippen LogP contribution in [0.2, 0.25) is 0 Å². The van der Waals surface area contributed by atoms with Crippen LogP contribution < -0.4 is 5.32 Å². The third-order valence-electron chi connectivity index (χ3n) is 2.30. The van der Waals surface area contributed by atoms with E-state index in [0.29, 0.717) is 0 Å². The van der Waals surface area contributed by atoms with Crippen molar-refractivity contribution in [2.75, 3.05) is 32.8 Å². The largest absolute Gasteiger partial charge is 0.381 e. The number of urea groups is 1. The molecule has 1 aliphatic rings. The molecule has 0 aromatic heterocycles. The molecule has 0 spiro atoms. The zero-order valence-corrected chi connectivity index (χ0v) is 8.92. The molecule has 1 aliphatic heterocycles. The minimum absolute atomic E-state index is 0.0681. The Kier molecular flexibility index (Phi) is 5.37. The van der Waals surface area contributed by atoms with Gasteiger partial charge in [0, 0.05) is 32.8 Å². The highest BCUT2D eigenvalue weighted by atomic mass is 16.5. The fraction of sp³-hybridized carbons (Fsp3) is 0.900. The molecule has 0 aromatic rings. The van der Waals surface area contributed by atoms with Gasteiger partial charge in [0.2, 0.25) is 0 Å². The topological polar surface area (TPSA) is 41.6 Å². The Morgan fingerprint density at radius 2 is 2.21 bits per heavy atom. The van der Waals surface area contributed by atoms with Gasteiger partial charge in [-0.2, -0.15) is 0 Å². The number of carbonyl (C=O) groups is 1. The fourth-order valence-corrected chi connectivity index (χ4v) is 1.43. The molecule has 1 fully saturated rings. The van der Waals surface area contributed by atoms with Crippen molar-refractivity contribution < 1.29 is 9.53 Å². The van der Waals surface area contributed by atoms with Crippen LogP contribution in [-0.2, 0) is 4.74 Å². The van der Waals surface area contributed by atoms with Crippen LogP contribution in [0, 0.1) is 0 Å². The summed E-state index contributed by atoms with van der Waals surface area (Å²) in [6, 6.07) is 0.0681. The highest BCUT2D eigenvalue weighted by Crippen LogP contribution is 1.98. The van der Waals surface area contributed by atoms with E-state index in [0.717, 1.165) is 45.7 Å². The summed E-state index contributed by atoms with van der Waals surface area (Å²) in [5.41, 5.74) is 0. The van der Waals surface area contributed by atoms with Crippen LogP contribution in [-0.4, -0.2) is 43.8 Å². The Labute approximate surface area is 85.6 Å². The minimum atomic E-state index is 0.0681. The monoisotopic (exact) mass is 200 g/mol. The molecule has 0 radical (unpaired) electrons. The van der Waals surface area contributed by atoms with Crippen molar-refractivity contribution in [3.63, 3.8) is 0 Å². The van der Waals surface area contributed by atoms with Crippen LogP contribution in [0.25, 0.3) is 0 Å². The number of ether oxygens (including phenoxy) is 1. The zero-order valence-electron chi connectivity index (χ0n) is 8.92. The second kappa shape index (κ2) is 6.65. The lowest BCUT2D eigenvalue weighted by Crippen LogP contribution is -2.29. The van der Waals surface area contributed by atoms with E-state index >= 15 is 0 Å². The van der Waals surface area contributed by atoms with Crippen molar-refractivity contribution in [2.24, 2.45) is 0 Å². The van der Waals surface area contributed by atoms with Gasteiger partial charge in [0.15, 0.2) is 0 Å². The first-order valence-corrected chi connectivity index (χ1v) is 5.45. The van der Waals surface area contributed by atoms with Crippen molar-refractivity contribution in [3.05, 3.63) is 0 Å². The smallest absolute Gasteiger partial charge is 0.317 e. The minimum Gasteiger partial charge on any atom is -0.381 e. The fourth-order valence-electron chi connectivity index (χ4n) is 1.43. The highest BCUT2D eigenvalue weighted by molar-refractivity contribution is 5.76. The average molecular weight is 200 g/mol. The third kappa shape index (κ3) is 3.96. The zero-order chi connectivity index (χ0) is 10.2. The van der Waals surface area contributed by atoms with Crippen LogP contribution in [0.4, 0.5) is 4.79 Å². The number of carbonyl (C=O) groups excluding carboxylic acids is 1. The molecule has 2 amide bonds.